The van der Waals surface area contributed by atoms with Gasteiger partial charge < -0.3 is 15.6 Å². The van der Waals surface area contributed by atoms with Gasteiger partial charge in [-0.15, -0.1) is 0 Å². The van der Waals surface area contributed by atoms with Crippen molar-refractivity contribution in [1.29, 1.82) is 0 Å². The first kappa shape index (κ1) is 11.5. The lowest BCUT2D eigenvalue weighted by molar-refractivity contribution is -0.138. The van der Waals surface area contributed by atoms with E-state index in [1.54, 1.807) is 19.2 Å². The first-order chi connectivity index (χ1) is 7.10. The van der Waals surface area contributed by atoms with Gasteiger partial charge >= 0.3 is 5.97 Å². The van der Waals surface area contributed by atoms with E-state index in [2.05, 4.69) is 0 Å². The maximum Gasteiger partial charge on any atom is 0.325 e. The summed E-state index contributed by atoms with van der Waals surface area (Å²) in [5.41, 5.74) is 7.12. The second kappa shape index (κ2) is 4.79. The van der Waals surface area contributed by atoms with Gasteiger partial charge in [0.25, 0.3) is 0 Å². The lowest BCUT2D eigenvalue weighted by Crippen LogP contribution is -2.22. The van der Waals surface area contributed by atoms with Crippen LogP contribution in [0.4, 0.5) is 0 Å². The van der Waals surface area contributed by atoms with Crippen LogP contribution in [0.2, 0.25) is 0 Å². The molecule has 0 aromatic heterocycles. The largest absolute Gasteiger partial charge is 0.497 e. The quantitative estimate of drug-likeness (QED) is 0.784. The van der Waals surface area contributed by atoms with Crippen LogP contribution in [0.25, 0.3) is 0 Å². The highest BCUT2D eigenvalue weighted by atomic mass is 16.5. The molecule has 0 aliphatic rings. The van der Waals surface area contributed by atoms with Crippen molar-refractivity contribution >= 4 is 5.97 Å². The van der Waals surface area contributed by atoms with E-state index >= 15 is 0 Å². The molecule has 0 bridgehead atoms. The normalized spacial score (nSPS) is 12.2. The summed E-state index contributed by atoms with van der Waals surface area (Å²) < 4.78 is 5.06. The molecule has 1 rings (SSSR count). The van der Waals surface area contributed by atoms with Crippen molar-refractivity contribution in [2.75, 3.05) is 7.11 Å². The van der Waals surface area contributed by atoms with E-state index in [9.17, 15) is 4.79 Å². The third-order valence-electron chi connectivity index (χ3n) is 2.33. The van der Waals surface area contributed by atoms with Crippen LogP contribution in [0, 0.1) is 0 Å². The summed E-state index contributed by atoms with van der Waals surface area (Å²) in [5.74, 6) is -0.303. The Morgan fingerprint density at radius 2 is 2.27 bits per heavy atom. The lowest BCUT2D eigenvalue weighted by Gasteiger charge is -2.13. The minimum atomic E-state index is -1.02. The highest BCUT2D eigenvalue weighted by Gasteiger charge is 2.17. The van der Waals surface area contributed by atoms with Crippen molar-refractivity contribution in [3.8, 4) is 5.75 Å². The molecule has 0 radical (unpaired) electrons. The van der Waals surface area contributed by atoms with Crippen molar-refractivity contribution in [3.05, 3.63) is 29.3 Å². The molecule has 82 valence electrons. The second-order valence-corrected chi connectivity index (χ2v) is 3.23. The molecule has 1 aromatic carbocycles. The summed E-state index contributed by atoms with van der Waals surface area (Å²) in [7, 11) is 1.57. The number of benzene rings is 1. The SMILES string of the molecule is CCc1cc(OC)ccc1[C@H](N)C(=O)O. The molecule has 0 unspecified atom stereocenters. The Bertz CT molecular complexity index is 363. The molecular weight excluding hydrogens is 194 g/mol. The van der Waals surface area contributed by atoms with Crippen molar-refractivity contribution < 1.29 is 14.6 Å². The van der Waals surface area contributed by atoms with E-state index in [1.807, 2.05) is 13.0 Å². The summed E-state index contributed by atoms with van der Waals surface area (Å²) in [5, 5.41) is 8.83. The zero-order valence-corrected chi connectivity index (χ0v) is 8.86. The first-order valence-corrected chi connectivity index (χ1v) is 4.75. The zero-order valence-electron chi connectivity index (χ0n) is 8.86. The van der Waals surface area contributed by atoms with Crippen LogP contribution >= 0.6 is 0 Å². The fourth-order valence-corrected chi connectivity index (χ4v) is 1.45. The number of hydrogen-bond acceptors (Lipinski definition) is 3. The topological polar surface area (TPSA) is 72.5 Å². The molecule has 1 atom stereocenters. The number of aryl methyl sites for hydroxylation is 1. The monoisotopic (exact) mass is 209 g/mol. The van der Waals surface area contributed by atoms with Crippen molar-refractivity contribution in [1.82, 2.24) is 0 Å². The molecule has 0 spiro atoms. The summed E-state index contributed by atoms with van der Waals surface area (Å²) >= 11 is 0. The van der Waals surface area contributed by atoms with Crippen LogP contribution in [0.1, 0.15) is 24.1 Å². The summed E-state index contributed by atoms with van der Waals surface area (Å²) in [4.78, 5) is 10.8. The van der Waals surface area contributed by atoms with E-state index in [0.29, 0.717) is 11.3 Å². The van der Waals surface area contributed by atoms with Crippen LogP contribution in [0.3, 0.4) is 0 Å². The molecule has 0 aliphatic heterocycles. The molecule has 0 saturated heterocycles. The van der Waals surface area contributed by atoms with Gasteiger partial charge in [-0.05, 0) is 29.7 Å². The van der Waals surface area contributed by atoms with Gasteiger partial charge in [-0.1, -0.05) is 13.0 Å². The number of carboxylic acid groups (broad SMARTS) is 1. The third kappa shape index (κ3) is 2.47. The summed E-state index contributed by atoms with van der Waals surface area (Å²) in [6.45, 7) is 1.95. The molecule has 3 N–H and O–H groups in total. The standard InChI is InChI=1S/C11H15NO3/c1-3-7-6-8(15-2)4-5-9(7)10(12)11(13)14/h4-6,10H,3,12H2,1-2H3,(H,13,14)/t10-/m0/s1. The number of ether oxygens (including phenoxy) is 1. The molecule has 15 heavy (non-hydrogen) atoms. The first-order valence-electron chi connectivity index (χ1n) is 4.75. The van der Waals surface area contributed by atoms with E-state index in [0.717, 1.165) is 12.0 Å². The fourth-order valence-electron chi connectivity index (χ4n) is 1.45. The molecule has 0 heterocycles. The molecule has 4 heteroatoms. The Morgan fingerprint density at radius 1 is 1.60 bits per heavy atom. The minimum absolute atomic E-state index is 0.644. The number of carbonyl (C=O) groups is 1. The molecular formula is C11H15NO3. The number of rotatable bonds is 4. The van der Waals surface area contributed by atoms with Gasteiger partial charge in [0.1, 0.15) is 11.8 Å². The van der Waals surface area contributed by atoms with Crippen LogP contribution in [-0.2, 0) is 11.2 Å². The Morgan fingerprint density at radius 3 is 2.73 bits per heavy atom. The number of hydrogen-bond donors (Lipinski definition) is 2. The third-order valence-corrected chi connectivity index (χ3v) is 2.33. The van der Waals surface area contributed by atoms with Gasteiger partial charge in [-0.3, -0.25) is 4.79 Å². The number of methoxy groups -OCH3 is 1. The number of carboxylic acids is 1. The minimum Gasteiger partial charge on any atom is -0.497 e. The fraction of sp³-hybridized carbons (Fsp3) is 0.364. The predicted octanol–water partition coefficient (Wildman–Crippen LogP) is 1.34. The Hall–Kier alpha value is -1.55. The van der Waals surface area contributed by atoms with Gasteiger partial charge in [0.2, 0.25) is 0 Å². The maximum absolute atomic E-state index is 10.8. The van der Waals surface area contributed by atoms with Gasteiger partial charge in [0.05, 0.1) is 7.11 Å². The van der Waals surface area contributed by atoms with E-state index in [-0.39, 0.29) is 0 Å². The predicted molar refractivity (Wildman–Crippen MR) is 56.9 cm³/mol. The molecule has 0 saturated carbocycles. The summed E-state index contributed by atoms with van der Waals surface area (Å²) in [6.07, 6.45) is 0.730. The number of aliphatic carboxylic acids is 1. The Kier molecular flexibility index (Phi) is 3.68. The molecule has 4 nitrogen and oxygen atoms in total. The van der Waals surface area contributed by atoms with Crippen molar-refractivity contribution in [2.24, 2.45) is 5.73 Å². The van der Waals surface area contributed by atoms with E-state index in [1.165, 1.54) is 0 Å². The number of nitrogens with two attached hydrogens (primary N) is 1. The van der Waals surface area contributed by atoms with Gasteiger partial charge in [0, 0.05) is 0 Å². The zero-order chi connectivity index (χ0) is 11.4. The van der Waals surface area contributed by atoms with Crippen LogP contribution in [0.15, 0.2) is 18.2 Å². The van der Waals surface area contributed by atoms with Crippen molar-refractivity contribution in [2.45, 2.75) is 19.4 Å². The lowest BCUT2D eigenvalue weighted by atomic mass is 9.99. The Labute approximate surface area is 88.7 Å². The van der Waals surface area contributed by atoms with E-state index in [4.69, 9.17) is 15.6 Å². The maximum atomic E-state index is 10.8. The smallest absolute Gasteiger partial charge is 0.325 e. The van der Waals surface area contributed by atoms with E-state index < -0.39 is 12.0 Å². The second-order valence-electron chi connectivity index (χ2n) is 3.23. The van der Waals surface area contributed by atoms with Crippen LogP contribution in [-0.4, -0.2) is 18.2 Å². The highest BCUT2D eigenvalue weighted by molar-refractivity contribution is 5.75. The van der Waals surface area contributed by atoms with Crippen molar-refractivity contribution in [3.63, 3.8) is 0 Å². The summed E-state index contributed by atoms with van der Waals surface area (Å²) in [6, 6.07) is 4.28. The van der Waals surface area contributed by atoms with Gasteiger partial charge in [0.15, 0.2) is 0 Å². The molecule has 0 amide bonds. The molecule has 1 aromatic rings. The average molecular weight is 209 g/mol. The van der Waals surface area contributed by atoms with Gasteiger partial charge in [-0.25, -0.2) is 0 Å². The molecule has 0 fully saturated rings. The Balaban J connectivity index is 3.12. The van der Waals surface area contributed by atoms with Gasteiger partial charge in [-0.2, -0.15) is 0 Å². The van der Waals surface area contributed by atoms with Crippen LogP contribution in [0.5, 0.6) is 5.75 Å². The average Bonchev–Trinajstić information content (AvgIpc) is 2.27. The van der Waals surface area contributed by atoms with Crippen LogP contribution < -0.4 is 10.5 Å². The molecule has 0 aliphatic carbocycles. The highest BCUT2D eigenvalue weighted by Crippen LogP contribution is 2.22.